The zero-order chi connectivity index (χ0) is 13.1. The molecule has 2 unspecified atom stereocenters. The predicted octanol–water partition coefficient (Wildman–Crippen LogP) is 1.99. The summed E-state index contributed by atoms with van der Waals surface area (Å²) in [5.41, 5.74) is 3.98. The third-order valence-electron chi connectivity index (χ3n) is 3.43. The summed E-state index contributed by atoms with van der Waals surface area (Å²) in [7, 11) is 1.75. The molecule has 6 heteroatoms. The first-order valence-corrected chi connectivity index (χ1v) is 7.22. The van der Waals surface area contributed by atoms with Crippen LogP contribution in [0, 0.1) is 5.92 Å². The van der Waals surface area contributed by atoms with Gasteiger partial charge in [-0.05, 0) is 41.1 Å². The van der Waals surface area contributed by atoms with Crippen molar-refractivity contribution >= 4 is 15.9 Å². The molecule has 1 aliphatic carbocycles. The number of nitrogens with two attached hydrogens (primary N) is 1. The Morgan fingerprint density at radius 2 is 2.39 bits per heavy atom. The Bertz CT molecular complexity index is 391. The van der Waals surface area contributed by atoms with E-state index in [-0.39, 0.29) is 12.1 Å². The van der Waals surface area contributed by atoms with Gasteiger partial charge >= 0.3 is 0 Å². The Morgan fingerprint density at radius 3 is 2.89 bits per heavy atom. The van der Waals surface area contributed by atoms with Gasteiger partial charge in [-0.15, -0.1) is 0 Å². The smallest absolute Gasteiger partial charge is 0.0904 e. The van der Waals surface area contributed by atoms with E-state index in [2.05, 4.69) is 33.4 Å². The van der Waals surface area contributed by atoms with Crippen LogP contribution in [-0.2, 0) is 11.3 Å². The topological polar surface area (TPSA) is 65.1 Å². The monoisotopic (exact) mass is 316 g/mol. The fourth-order valence-corrected chi connectivity index (χ4v) is 2.97. The van der Waals surface area contributed by atoms with Crippen molar-refractivity contribution in [1.82, 2.24) is 15.2 Å². The average Bonchev–Trinajstić information content (AvgIpc) is 3.14. The molecule has 0 amide bonds. The maximum absolute atomic E-state index is 5.75. The maximum atomic E-state index is 5.75. The van der Waals surface area contributed by atoms with E-state index in [0.29, 0.717) is 5.92 Å². The molecule has 0 radical (unpaired) electrons. The van der Waals surface area contributed by atoms with E-state index in [1.807, 2.05) is 10.9 Å². The molecule has 1 heterocycles. The number of halogens is 1. The van der Waals surface area contributed by atoms with Crippen molar-refractivity contribution in [3.05, 3.63) is 16.4 Å². The number of nitrogens with one attached hydrogen (secondary N) is 1. The molecule has 2 rings (SSSR count). The summed E-state index contributed by atoms with van der Waals surface area (Å²) in [4.78, 5) is 0. The minimum Gasteiger partial charge on any atom is -0.379 e. The van der Waals surface area contributed by atoms with Gasteiger partial charge in [0.2, 0.25) is 0 Å². The van der Waals surface area contributed by atoms with Gasteiger partial charge in [0, 0.05) is 13.7 Å². The van der Waals surface area contributed by atoms with Gasteiger partial charge in [-0.25, -0.2) is 5.43 Å². The number of methoxy groups -OCH3 is 1. The van der Waals surface area contributed by atoms with Crippen LogP contribution >= 0.6 is 15.9 Å². The summed E-state index contributed by atoms with van der Waals surface area (Å²) in [6, 6.07) is -0.0223. The zero-order valence-electron chi connectivity index (χ0n) is 10.9. The Balaban J connectivity index is 2.27. The quantitative estimate of drug-likeness (QED) is 0.596. The lowest BCUT2D eigenvalue weighted by Crippen LogP contribution is -2.40. The molecular weight excluding hydrogens is 296 g/mol. The van der Waals surface area contributed by atoms with Crippen LogP contribution in [0.25, 0.3) is 0 Å². The standard InChI is InChI=1S/C12H21BrN4O/c1-3-6-17-11(9(13)7-15-17)10(16-14)12(18-2)8-4-5-8/h7-8,10,12,16H,3-6,14H2,1-2H3. The maximum Gasteiger partial charge on any atom is 0.0904 e. The third kappa shape index (κ3) is 2.77. The van der Waals surface area contributed by atoms with E-state index in [9.17, 15) is 0 Å². The molecule has 0 bridgehead atoms. The molecular formula is C12H21BrN4O. The Hall–Kier alpha value is -0.430. The van der Waals surface area contributed by atoms with Gasteiger partial charge in [0.1, 0.15) is 0 Å². The first-order valence-electron chi connectivity index (χ1n) is 6.43. The Labute approximate surface area is 116 Å². The average molecular weight is 317 g/mol. The number of rotatable bonds is 7. The molecule has 5 nitrogen and oxygen atoms in total. The van der Waals surface area contributed by atoms with E-state index in [1.165, 1.54) is 12.8 Å². The van der Waals surface area contributed by atoms with Gasteiger partial charge in [0.15, 0.2) is 0 Å². The van der Waals surface area contributed by atoms with Gasteiger partial charge < -0.3 is 4.74 Å². The van der Waals surface area contributed by atoms with Gasteiger partial charge in [-0.2, -0.15) is 5.10 Å². The Morgan fingerprint density at radius 1 is 1.67 bits per heavy atom. The predicted molar refractivity (Wildman–Crippen MR) is 73.8 cm³/mol. The number of ether oxygens (including phenoxy) is 1. The summed E-state index contributed by atoms with van der Waals surface area (Å²) in [6.45, 7) is 3.03. The molecule has 0 aromatic carbocycles. The van der Waals surface area contributed by atoms with Gasteiger partial charge in [0.05, 0.1) is 28.5 Å². The van der Waals surface area contributed by atoms with Crippen molar-refractivity contribution in [2.75, 3.05) is 7.11 Å². The van der Waals surface area contributed by atoms with Crippen molar-refractivity contribution < 1.29 is 4.74 Å². The minimum absolute atomic E-state index is 0.0223. The third-order valence-corrected chi connectivity index (χ3v) is 4.04. The van der Waals surface area contributed by atoms with Crippen molar-refractivity contribution in [3.8, 4) is 0 Å². The largest absolute Gasteiger partial charge is 0.379 e. The second-order valence-electron chi connectivity index (χ2n) is 4.78. The highest BCUT2D eigenvalue weighted by Gasteiger charge is 2.39. The minimum atomic E-state index is -0.0223. The van der Waals surface area contributed by atoms with Gasteiger partial charge in [0.25, 0.3) is 0 Å². The van der Waals surface area contributed by atoms with E-state index >= 15 is 0 Å². The summed E-state index contributed by atoms with van der Waals surface area (Å²) < 4.78 is 8.63. The van der Waals surface area contributed by atoms with Crippen LogP contribution in [-0.4, -0.2) is 23.0 Å². The summed E-state index contributed by atoms with van der Waals surface area (Å²) >= 11 is 3.56. The van der Waals surface area contributed by atoms with Crippen molar-refractivity contribution in [1.29, 1.82) is 0 Å². The van der Waals surface area contributed by atoms with Crippen LogP contribution in [0.3, 0.4) is 0 Å². The molecule has 102 valence electrons. The lowest BCUT2D eigenvalue weighted by molar-refractivity contribution is 0.0477. The van der Waals surface area contributed by atoms with Crippen LogP contribution in [0.15, 0.2) is 10.7 Å². The van der Waals surface area contributed by atoms with Crippen molar-refractivity contribution in [3.63, 3.8) is 0 Å². The van der Waals surface area contributed by atoms with E-state index in [0.717, 1.165) is 23.1 Å². The fourth-order valence-electron chi connectivity index (χ4n) is 2.43. The molecule has 1 saturated carbocycles. The number of nitrogens with zero attached hydrogens (tertiary/aromatic N) is 2. The van der Waals surface area contributed by atoms with Crippen molar-refractivity contribution in [2.24, 2.45) is 11.8 Å². The van der Waals surface area contributed by atoms with Crippen LogP contribution in [0.4, 0.5) is 0 Å². The molecule has 1 aliphatic rings. The molecule has 1 aromatic rings. The normalized spacial score (nSPS) is 18.9. The first kappa shape index (κ1) is 14.0. The molecule has 0 aliphatic heterocycles. The lowest BCUT2D eigenvalue weighted by atomic mass is 10.0. The van der Waals surface area contributed by atoms with Crippen LogP contribution in [0.1, 0.15) is 37.9 Å². The highest BCUT2D eigenvalue weighted by Crippen LogP contribution is 2.40. The van der Waals surface area contributed by atoms with Crippen LogP contribution in [0.5, 0.6) is 0 Å². The number of aryl methyl sites for hydroxylation is 1. The summed E-state index contributed by atoms with van der Waals surface area (Å²) in [5.74, 6) is 6.35. The molecule has 18 heavy (non-hydrogen) atoms. The fraction of sp³-hybridized carbons (Fsp3) is 0.750. The number of hydrogen-bond donors (Lipinski definition) is 2. The van der Waals surface area contributed by atoms with Crippen molar-refractivity contribution in [2.45, 2.75) is 44.9 Å². The van der Waals surface area contributed by atoms with Crippen LogP contribution < -0.4 is 11.3 Å². The van der Waals surface area contributed by atoms with E-state index < -0.39 is 0 Å². The SMILES string of the molecule is CCCn1ncc(Br)c1C(NN)C(OC)C1CC1. The highest BCUT2D eigenvalue weighted by atomic mass is 79.9. The second kappa shape index (κ2) is 6.14. The van der Waals surface area contributed by atoms with Gasteiger partial charge in [-0.1, -0.05) is 6.92 Å². The van der Waals surface area contributed by atoms with E-state index in [4.69, 9.17) is 10.6 Å². The lowest BCUT2D eigenvalue weighted by Gasteiger charge is -2.26. The number of hydrogen-bond acceptors (Lipinski definition) is 4. The Kier molecular flexibility index (Phi) is 4.77. The highest BCUT2D eigenvalue weighted by molar-refractivity contribution is 9.10. The van der Waals surface area contributed by atoms with Crippen LogP contribution in [0.2, 0.25) is 0 Å². The number of hydrazine groups is 1. The first-order chi connectivity index (χ1) is 8.72. The van der Waals surface area contributed by atoms with E-state index in [1.54, 1.807) is 7.11 Å². The molecule has 0 spiro atoms. The second-order valence-corrected chi connectivity index (χ2v) is 5.64. The summed E-state index contributed by atoms with van der Waals surface area (Å²) in [6.07, 6.45) is 5.42. The molecule has 3 N–H and O–H groups in total. The molecule has 1 fully saturated rings. The summed E-state index contributed by atoms with van der Waals surface area (Å²) in [5, 5.41) is 4.39. The zero-order valence-corrected chi connectivity index (χ0v) is 12.5. The molecule has 2 atom stereocenters. The number of aromatic nitrogens is 2. The molecule has 0 saturated heterocycles. The van der Waals surface area contributed by atoms with Gasteiger partial charge in [-0.3, -0.25) is 10.5 Å². The molecule has 1 aromatic heterocycles.